The molecule has 0 aliphatic carbocycles. The summed E-state index contributed by atoms with van der Waals surface area (Å²) in [4.78, 5) is 16.9. The fourth-order valence-electron chi connectivity index (χ4n) is 1.56. The summed E-state index contributed by atoms with van der Waals surface area (Å²) in [6, 6.07) is 12.0. The molecular weight excluding hydrogens is 377 g/mol. The molecule has 0 fully saturated rings. The predicted molar refractivity (Wildman–Crippen MR) is 88.2 cm³/mol. The molecule has 0 saturated heterocycles. The second kappa shape index (κ2) is 7.07. The Morgan fingerprint density at radius 3 is 2.52 bits per heavy atom. The van der Waals surface area contributed by atoms with Crippen molar-refractivity contribution in [2.24, 2.45) is 5.16 Å². The van der Waals surface area contributed by atoms with E-state index in [-0.39, 0.29) is 0 Å². The van der Waals surface area contributed by atoms with Crippen LogP contribution in [0.15, 0.2) is 52.1 Å². The fourth-order valence-corrected chi connectivity index (χ4v) is 2.30. The lowest BCUT2D eigenvalue weighted by Crippen LogP contribution is -2.04. The summed E-state index contributed by atoms with van der Waals surface area (Å²) in [6.45, 7) is 1.72. The molecule has 6 heteroatoms. The third-order valence-electron chi connectivity index (χ3n) is 2.70. The standard InChI is InChI=1S/C15H10BrCl2NO2/c1-9(10-6-7-13(17)14(18)8-10)19-21-15(20)11-4-2-3-5-12(11)16/h2-8H,1H3/b19-9+. The molecule has 0 aliphatic rings. The Kier molecular flexibility index (Phi) is 5.39. The second-order valence-corrected chi connectivity index (χ2v) is 5.83. The molecule has 21 heavy (non-hydrogen) atoms. The van der Waals surface area contributed by atoms with Crippen LogP contribution >= 0.6 is 39.1 Å². The molecule has 0 atom stereocenters. The largest absolute Gasteiger partial charge is 0.366 e. The van der Waals surface area contributed by atoms with Gasteiger partial charge in [0.05, 0.1) is 21.3 Å². The molecule has 0 amide bonds. The van der Waals surface area contributed by atoms with Crippen molar-refractivity contribution in [3.63, 3.8) is 0 Å². The summed E-state index contributed by atoms with van der Waals surface area (Å²) < 4.78 is 0.650. The summed E-state index contributed by atoms with van der Waals surface area (Å²) in [5.41, 5.74) is 1.65. The predicted octanol–water partition coefficient (Wildman–Crippen LogP) is 5.34. The number of benzene rings is 2. The topological polar surface area (TPSA) is 38.7 Å². The van der Waals surface area contributed by atoms with Crippen molar-refractivity contribution in [3.8, 4) is 0 Å². The van der Waals surface area contributed by atoms with Gasteiger partial charge in [-0.1, -0.05) is 46.6 Å². The first-order valence-corrected chi connectivity index (χ1v) is 7.50. The van der Waals surface area contributed by atoms with Crippen LogP contribution in [0.3, 0.4) is 0 Å². The van der Waals surface area contributed by atoms with E-state index in [1.54, 1.807) is 43.3 Å². The van der Waals surface area contributed by atoms with Crippen molar-refractivity contribution >= 4 is 50.8 Å². The van der Waals surface area contributed by atoms with Crippen LogP contribution in [0, 0.1) is 0 Å². The van der Waals surface area contributed by atoms with Crippen LogP contribution in [0.5, 0.6) is 0 Å². The smallest absolute Gasteiger partial charge is 0.312 e. The van der Waals surface area contributed by atoms with Crippen molar-refractivity contribution in [1.82, 2.24) is 0 Å². The lowest BCUT2D eigenvalue weighted by molar-refractivity contribution is 0.0515. The molecule has 2 aromatic carbocycles. The van der Waals surface area contributed by atoms with Gasteiger partial charge in [-0.2, -0.15) is 0 Å². The molecule has 0 bridgehead atoms. The second-order valence-electron chi connectivity index (χ2n) is 4.16. The highest BCUT2D eigenvalue weighted by molar-refractivity contribution is 9.10. The third-order valence-corrected chi connectivity index (χ3v) is 4.13. The summed E-state index contributed by atoms with van der Waals surface area (Å²) in [7, 11) is 0. The number of oxime groups is 1. The number of carbonyl (C=O) groups is 1. The van der Waals surface area contributed by atoms with Gasteiger partial charge in [0.15, 0.2) is 0 Å². The summed E-state index contributed by atoms with van der Waals surface area (Å²) in [5, 5.41) is 4.70. The van der Waals surface area contributed by atoms with Crippen LogP contribution in [0.4, 0.5) is 0 Å². The quantitative estimate of drug-likeness (QED) is 0.405. The highest BCUT2D eigenvalue weighted by Crippen LogP contribution is 2.23. The summed E-state index contributed by atoms with van der Waals surface area (Å²) in [6.07, 6.45) is 0. The first-order chi connectivity index (χ1) is 9.99. The van der Waals surface area contributed by atoms with Crippen molar-refractivity contribution in [1.29, 1.82) is 0 Å². The Morgan fingerprint density at radius 2 is 1.86 bits per heavy atom. The molecule has 0 aliphatic heterocycles. The highest BCUT2D eigenvalue weighted by atomic mass is 79.9. The van der Waals surface area contributed by atoms with Gasteiger partial charge in [-0.15, -0.1) is 0 Å². The molecule has 0 heterocycles. The van der Waals surface area contributed by atoms with E-state index in [1.165, 1.54) is 0 Å². The zero-order valence-electron chi connectivity index (χ0n) is 10.9. The zero-order chi connectivity index (χ0) is 15.4. The molecule has 2 aromatic rings. The molecule has 0 N–H and O–H groups in total. The van der Waals surface area contributed by atoms with Gasteiger partial charge in [-0.3, -0.25) is 0 Å². The maximum atomic E-state index is 11.9. The van der Waals surface area contributed by atoms with E-state index in [0.29, 0.717) is 25.8 Å². The summed E-state index contributed by atoms with van der Waals surface area (Å²) in [5.74, 6) is -0.540. The number of hydrogen-bond donors (Lipinski definition) is 0. The van der Waals surface area contributed by atoms with Gasteiger partial charge in [-0.25, -0.2) is 4.79 Å². The SMILES string of the molecule is C/C(=N\OC(=O)c1ccccc1Br)c1ccc(Cl)c(Cl)c1. The van der Waals surface area contributed by atoms with Crippen LogP contribution in [-0.2, 0) is 4.84 Å². The first kappa shape index (κ1) is 16.0. The molecule has 0 spiro atoms. The normalized spacial score (nSPS) is 11.3. The van der Waals surface area contributed by atoms with E-state index >= 15 is 0 Å². The molecule has 3 nitrogen and oxygen atoms in total. The van der Waals surface area contributed by atoms with Gasteiger partial charge in [0, 0.05) is 10.0 Å². The number of halogens is 3. The van der Waals surface area contributed by atoms with Gasteiger partial charge in [0.25, 0.3) is 0 Å². The number of rotatable bonds is 3. The van der Waals surface area contributed by atoms with Crippen molar-refractivity contribution < 1.29 is 9.63 Å². The van der Waals surface area contributed by atoms with E-state index in [9.17, 15) is 4.79 Å². The molecule has 0 radical (unpaired) electrons. The fraction of sp³-hybridized carbons (Fsp3) is 0.0667. The Labute approximate surface area is 140 Å². The van der Waals surface area contributed by atoms with Gasteiger partial charge in [0.1, 0.15) is 0 Å². The molecule has 0 aromatic heterocycles. The van der Waals surface area contributed by atoms with E-state index in [1.807, 2.05) is 6.07 Å². The minimum atomic E-state index is -0.540. The average molecular weight is 387 g/mol. The Morgan fingerprint density at radius 1 is 1.14 bits per heavy atom. The van der Waals surface area contributed by atoms with Crippen LogP contribution in [0.1, 0.15) is 22.8 Å². The van der Waals surface area contributed by atoms with Gasteiger partial charge >= 0.3 is 5.97 Å². The third kappa shape index (κ3) is 4.06. The van der Waals surface area contributed by atoms with Crippen molar-refractivity contribution in [2.75, 3.05) is 0 Å². The summed E-state index contributed by atoms with van der Waals surface area (Å²) >= 11 is 15.1. The van der Waals surface area contributed by atoms with Crippen LogP contribution in [0.2, 0.25) is 10.0 Å². The van der Waals surface area contributed by atoms with Crippen LogP contribution < -0.4 is 0 Å². The molecule has 108 valence electrons. The molecule has 0 saturated carbocycles. The molecular formula is C15H10BrCl2NO2. The monoisotopic (exact) mass is 385 g/mol. The number of carbonyl (C=O) groups excluding carboxylic acids is 1. The minimum Gasteiger partial charge on any atom is -0.312 e. The van der Waals surface area contributed by atoms with E-state index in [2.05, 4.69) is 21.1 Å². The van der Waals surface area contributed by atoms with Gasteiger partial charge < -0.3 is 4.84 Å². The van der Waals surface area contributed by atoms with E-state index < -0.39 is 5.97 Å². The maximum Gasteiger partial charge on any atom is 0.366 e. The van der Waals surface area contributed by atoms with Gasteiger partial charge in [-0.05, 0) is 47.1 Å². The maximum absolute atomic E-state index is 11.9. The minimum absolute atomic E-state index is 0.406. The van der Waals surface area contributed by atoms with Crippen molar-refractivity contribution in [3.05, 3.63) is 68.1 Å². The Hall–Kier alpha value is -1.36. The van der Waals surface area contributed by atoms with E-state index in [4.69, 9.17) is 28.0 Å². The number of nitrogens with zero attached hydrogens (tertiary/aromatic N) is 1. The van der Waals surface area contributed by atoms with Gasteiger partial charge in [0.2, 0.25) is 0 Å². The average Bonchev–Trinajstić information content (AvgIpc) is 2.47. The molecule has 2 rings (SSSR count). The zero-order valence-corrected chi connectivity index (χ0v) is 14.0. The van der Waals surface area contributed by atoms with E-state index in [0.717, 1.165) is 5.56 Å². The van der Waals surface area contributed by atoms with Crippen LogP contribution in [0.25, 0.3) is 0 Å². The molecule has 0 unspecified atom stereocenters. The lowest BCUT2D eigenvalue weighted by Gasteiger charge is -2.04. The first-order valence-electron chi connectivity index (χ1n) is 5.95. The van der Waals surface area contributed by atoms with Crippen molar-refractivity contribution in [2.45, 2.75) is 6.92 Å². The Bertz CT molecular complexity index is 717. The number of hydrogen-bond acceptors (Lipinski definition) is 3. The Balaban J connectivity index is 2.15. The lowest BCUT2D eigenvalue weighted by atomic mass is 10.1. The highest BCUT2D eigenvalue weighted by Gasteiger charge is 2.11. The van der Waals surface area contributed by atoms with Crippen LogP contribution in [-0.4, -0.2) is 11.7 Å².